The normalized spacial score (nSPS) is 14.8. The van der Waals surface area contributed by atoms with Crippen LogP contribution in [0.4, 0.5) is 13.2 Å². The number of likely N-dealkylation sites (N-methyl/N-ethyl adjacent to an activating group) is 1. The highest BCUT2D eigenvalue weighted by Crippen LogP contribution is 2.36. The molecular weight excluding hydrogens is 389 g/mol. The molecule has 1 N–H and O–H groups in total. The van der Waals surface area contributed by atoms with Gasteiger partial charge in [-0.3, -0.25) is 9.48 Å². The molecular formula is C15H24BrF3N4O. The standard InChI is InChI=1S/C15H24BrF3N4O/c1-6-22(7-2)8-9(3)20-14(24)11(5)23-10(4)12(16)13(21-23)15(17,18)19/h9,11H,6-8H2,1-5H3,(H,20,24)/t9-,11-/m0/s1. The third-order valence-electron chi connectivity index (χ3n) is 3.91. The van der Waals surface area contributed by atoms with Gasteiger partial charge >= 0.3 is 6.18 Å². The van der Waals surface area contributed by atoms with E-state index in [4.69, 9.17) is 0 Å². The average molecular weight is 413 g/mol. The predicted molar refractivity (Wildman–Crippen MR) is 89.8 cm³/mol. The van der Waals surface area contributed by atoms with Crippen LogP contribution in [0.1, 0.15) is 45.1 Å². The molecule has 0 unspecified atom stereocenters. The molecule has 0 saturated carbocycles. The number of nitrogens with one attached hydrogen (secondary N) is 1. The maximum absolute atomic E-state index is 12.9. The lowest BCUT2D eigenvalue weighted by Gasteiger charge is -2.24. The summed E-state index contributed by atoms with van der Waals surface area (Å²) in [6.07, 6.45) is -4.57. The van der Waals surface area contributed by atoms with E-state index >= 15 is 0 Å². The van der Waals surface area contributed by atoms with Crippen molar-refractivity contribution in [2.75, 3.05) is 19.6 Å². The number of alkyl halides is 3. The van der Waals surface area contributed by atoms with Gasteiger partial charge in [-0.2, -0.15) is 18.3 Å². The highest BCUT2D eigenvalue weighted by molar-refractivity contribution is 9.10. The maximum Gasteiger partial charge on any atom is 0.436 e. The number of hydrogen-bond donors (Lipinski definition) is 1. The van der Waals surface area contributed by atoms with Gasteiger partial charge < -0.3 is 10.2 Å². The second-order valence-corrected chi connectivity index (χ2v) is 6.55. The van der Waals surface area contributed by atoms with E-state index in [-0.39, 0.29) is 22.1 Å². The van der Waals surface area contributed by atoms with E-state index in [1.807, 2.05) is 20.8 Å². The molecule has 0 aliphatic carbocycles. The van der Waals surface area contributed by atoms with Crippen molar-refractivity contribution in [1.82, 2.24) is 20.0 Å². The van der Waals surface area contributed by atoms with Gasteiger partial charge in [-0.05, 0) is 49.8 Å². The van der Waals surface area contributed by atoms with Crippen LogP contribution in [0.2, 0.25) is 0 Å². The van der Waals surface area contributed by atoms with Crippen LogP contribution in [0, 0.1) is 6.92 Å². The molecule has 0 saturated heterocycles. The van der Waals surface area contributed by atoms with Gasteiger partial charge in [0.2, 0.25) is 5.91 Å². The molecule has 1 aromatic heterocycles. The summed E-state index contributed by atoms with van der Waals surface area (Å²) in [5.74, 6) is -0.360. The summed E-state index contributed by atoms with van der Waals surface area (Å²) < 4.78 is 39.7. The van der Waals surface area contributed by atoms with Gasteiger partial charge in [-0.25, -0.2) is 0 Å². The smallest absolute Gasteiger partial charge is 0.351 e. The molecule has 0 radical (unpaired) electrons. The summed E-state index contributed by atoms with van der Waals surface area (Å²) in [5, 5.41) is 6.41. The fourth-order valence-electron chi connectivity index (χ4n) is 2.45. The average Bonchev–Trinajstić information content (AvgIpc) is 2.80. The first-order valence-electron chi connectivity index (χ1n) is 7.87. The molecule has 1 amide bonds. The van der Waals surface area contributed by atoms with E-state index in [0.29, 0.717) is 6.54 Å². The molecule has 9 heteroatoms. The second kappa shape index (κ2) is 8.33. The number of carbonyl (C=O) groups is 1. The summed E-state index contributed by atoms with van der Waals surface area (Å²) in [6, 6.07) is -0.946. The van der Waals surface area contributed by atoms with E-state index < -0.39 is 17.9 Å². The Morgan fingerprint density at radius 3 is 2.29 bits per heavy atom. The van der Waals surface area contributed by atoms with Crippen LogP contribution >= 0.6 is 15.9 Å². The summed E-state index contributed by atoms with van der Waals surface area (Å²) in [4.78, 5) is 14.5. The highest BCUT2D eigenvalue weighted by Gasteiger charge is 2.39. The Labute approximate surface area is 148 Å². The van der Waals surface area contributed by atoms with Crippen molar-refractivity contribution < 1.29 is 18.0 Å². The van der Waals surface area contributed by atoms with Gasteiger partial charge in [-0.1, -0.05) is 13.8 Å². The number of hydrogen-bond acceptors (Lipinski definition) is 3. The molecule has 2 atom stereocenters. The third kappa shape index (κ3) is 4.95. The lowest BCUT2D eigenvalue weighted by atomic mass is 10.2. The third-order valence-corrected chi connectivity index (χ3v) is 4.86. The van der Waals surface area contributed by atoms with Crippen molar-refractivity contribution in [2.24, 2.45) is 0 Å². The molecule has 0 aliphatic heterocycles. The molecule has 0 aromatic carbocycles. The number of nitrogens with zero attached hydrogens (tertiary/aromatic N) is 3. The fourth-order valence-corrected chi connectivity index (χ4v) is 2.93. The van der Waals surface area contributed by atoms with Gasteiger partial charge in [0.25, 0.3) is 0 Å². The molecule has 0 spiro atoms. The monoisotopic (exact) mass is 412 g/mol. The molecule has 24 heavy (non-hydrogen) atoms. The van der Waals surface area contributed by atoms with Crippen molar-refractivity contribution >= 4 is 21.8 Å². The van der Waals surface area contributed by atoms with Gasteiger partial charge in [0.05, 0.1) is 10.2 Å². The van der Waals surface area contributed by atoms with Gasteiger partial charge in [-0.15, -0.1) is 0 Å². The Hall–Kier alpha value is -1.09. The van der Waals surface area contributed by atoms with Crippen LogP contribution in [0.15, 0.2) is 4.47 Å². The Balaban J connectivity index is 2.87. The van der Waals surface area contributed by atoms with E-state index in [1.165, 1.54) is 13.8 Å². The van der Waals surface area contributed by atoms with Gasteiger partial charge in [0.15, 0.2) is 5.69 Å². The zero-order valence-corrected chi connectivity index (χ0v) is 16.1. The number of carbonyl (C=O) groups excluding carboxylic acids is 1. The summed E-state index contributed by atoms with van der Waals surface area (Å²) >= 11 is 2.91. The van der Waals surface area contributed by atoms with Gasteiger partial charge in [0, 0.05) is 12.6 Å². The first kappa shape index (κ1) is 21.0. The fraction of sp³-hybridized carbons (Fsp3) is 0.733. The van der Waals surface area contributed by atoms with Crippen LogP contribution in [0.3, 0.4) is 0 Å². The summed E-state index contributed by atoms with van der Waals surface area (Å²) in [5.41, 5.74) is -0.753. The van der Waals surface area contributed by atoms with E-state index in [9.17, 15) is 18.0 Å². The summed E-state index contributed by atoms with van der Waals surface area (Å²) in [6.45, 7) is 11.4. The number of halogens is 4. The lowest BCUT2D eigenvalue weighted by molar-refractivity contribution is -0.142. The zero-order valence-electron chi connectivity index (χ0n) is 14.5. The number of aromatic nitrogens is 2. The molecule has 0 aliphatic rings. The zero-order chi connectivity index (χ0) is 18.7. The molecule has 138 valence electrons. The lowest BCUT2D eigenvalue weighted by Crippen LogP contribution is -2.44. The highest BCUT2D eigenvalue weighted by atomic mass is 79.9. The topological polar surface area (TPSA) is 50.2 Å². The molecule has 0 fully saturated rings. The van der Waals surface area contributed by atoms with Crippen LogP contribution in [-0.2, 0) is 11.0 Å². The molecule has 5 nitrogen and oxygen atoms in total. The Morgan fingerprint density at radius 1 is 1.33 bits per heavy atom. The minimum Gasteiger partial charge on any atom is -0.351 e. The molecule has 0 bridgehead atoms. The van der Waals surface area contributed by atoms with Gasteiger partial charge in [0.1, 0.15) is 6.04 Å². The van der Waals surface area contributed by atoms with E-state index in [2.05, 4.69) is 31.2 Å². The molecule has 1 heterocycles. The quantitative estimate of drug-likeness (QED) is 0.746. The second-order valence-electron chi connectivity index (χ2n) is 5.76. The number of amides is 1. The minimum atomic E-state index is -4.57. The van der Waals surface area contributed by atoms with Crippen molar-refractivity contribution in [2.45, 2.75) is 52.9 Å². The Morgan fingerprint density at radius 2 is 1.88 bits per heavy atom. The molecule has 1 aromatic rings. The number of rotatable bonds is 7. The van der Waals surface area contributed by atoms with Crippen molar-refractivity contribution in [1.29, 1.82) is 0 Å². The Kier molecular flexibility index (Phi) is 7.27. The van der Waals surface area contributed by atoms with Crippen molar-refractivity contribution in [3.63, 3.8) is 0 Å². The van der Waals surface area contributed by atoms with Crippen molar-refractivity contribution in [3.05, 3.63) is 15.9 Å². The van der Waals surface area contributed by atoms with E-state index in [0.717, 1.165) is 17.8 Å². The largest absolute Gasteiger partial charge is 0.436 e. The maximum atomic E-state index is 12.9. The molecule has 1 rings (SSSR count). The van der Waals surface area contributed by atoms with Crippen LogP contribution in [-0.4, -0.2) is 46.3 Å². The minimum absolute atomic E-state index is 0.110. The SMILES string of the molecule is CCN(CC)C[C@H](C)NC(=O)[C@H](C)n1nc(C(F)(F)F)c(Br)c1C. The van der Waals surface area contributed by atoms with Crippen LogP contribution in [0.5, 0.6) is 0 Å². The predicted octanol–water partition coefficient (Wildman–Crippen LogP) is 3.38. The first-order valence-corrected chi connectivity index (χ1v) is 8.66. The Bertz CT molecular complexity index is 570. The van der Waals surface area contributed by atoms with Crippen molar-refractivity contribution in [3.8, 4) is 0 Å². The van der Waals surface area contributed by atoms with Crippen LogP contribution in [0.25, 0.3) is 0 Å². The van der Waals surface area contributed by atoms with E-state index in [1.54, 1.807) is 0 Å². The first-order chi connectivity index (χ1) is 11.0. The van der Waals surface area contributed by atoms with Crippen LogP contribution < -0.4 is 5.32 Å². The summed E-state index contributed by atoms with van der Waals surface area (Å²) in [7, 11) is 0.